The summed E-state index contributed by atoms with van der Waals surface area (Å²) in [5, 5.41) is 13.5. The van der Waals surface area contributed by atoms with Crippen LogP contribution >= 0.6 is 11.6 Å². The Morgan fingerprint density at radius 3 is 2.82 bits per heavy atom. The monoisotopic (exact) mass is 408 g/mol. The van der Waals surface area contributed by atoms with Crippen LogP contribution in [-0.4, -0.2) is 39.2 Å². The second-order valence-corrected chi connectivity index (χ2v) is 7.26. The van der Waals surface area contributed by atoms with Crippen molar-refractivity contribution in [1.82, 2.24) is 14.7 Å². The van der Waals surface area contributed by atoms with Gasteiger partial charge < -0.3 is 9.64 Å². The molecule has 0 spiro atoms. The van der Waals surface area contributed by atoms with Crippen LogP contribution in [0.1, 0.15) is 41.0 Å². The molecule has 2 heterocycles. The summed E-state index contributed by atoms with van der Waals surface area (Å²) in [6.07, 6.45) is 0.922. The van der Waals surface area contributed by atoms with E-state index in [0.717, 1.165) is 18.2 Å². The van der Waals surface area contributed by atoms with Crippen LogP contribution in [0.4, 0.5) is 8.78 Å². The fourth-order valence-electron chi connectivity index (χ4n) is 3.02. The third kappa shape index (κ3) is 3.80. The van der Waals surface area contributed by atoms with E-state index in [9.17, 15) is 18.8 Å². The Morgan fingerprint density at radius 2 is 2.18 bits per heavy atom. The fraction of sp³-hybridized carbons (Fsp3) is 0.421. The summed E-state index contributed by atoms with van der Waals surface area (Å²) in [5.41, 5.74) is 1.82. The highest BCUT2D eigenvalue weighted by molar-refractivity contribution is 6.35. The average Bonchev–Trinajstić information content (AvgIpc) is 2.99. The molecule has 1 aliphatic heterocycles. The minimum Gasteiger partial charge on any atom is -0.484 e. The predicted octanol–water partition coefficient (Wildman–Crippen LogP) is 3.57. The summed E-state index contributed by atoms with van der Waals surface area (Å²) in [6.45, 7) is 2.66. The lowest BCUT2D eigenvalue weighted by Crippen LogP contribution is -2.37. The van der Waals surface area contributed by atoms with Crippen LogP contribution in [0.3, 0.4) is 0 Å². The molecular weight excluding hydrogens is 390 g/mol. The van der Waals surface area contributed by atoms with Gasteiger partial charge in [0.2, 0.25) is 0 Å². The summed E-state index contributed by atoms with van der Waals surface area (Å²) in [4.78, 5) is 14.7. The Balaban J connectivity index is 1.97. The zero-order valence-corrected chi connectivity index (χ0v) is 16.4. The van der Waals surface area contributed by atoms with Crippen molar-refractivity contribution in [3.8, 4) is 11.8 Å². The van der Waals surface area contributed by atoms with Crippen molar-refractivity contribution < 1.29 is 18.3 Å². The molecule has 2 aromatic rings. The highest BCUT2D eigenvalue weighted by Crippen LogP contribution is 2.34. The zero-order valence-electron chi connectivity index (χ0n) is 15.7. The van der Waals surface area contributed by atoms with Gasteiger partial charge in [0.25, 0.3) is 11.8 Å². The number of nitrogens with zero attached hydrogens (tertiary/aromatic N) is 4. The minimum absolute atomic E-state index is 0.0694. The van der Waals surface area contributed by atoms with Gasteiger partial charge in [0.1, 0.15) is 17.4 Å². The van der Waals surface area contributed by atoms with Gasteiger partial charge in [-0.1, -0.05) is 11.6 Å². The number of rotatable bonds is 4. The van der Waals surface area contributed by atoms with Gasteiger partial charge in [-0.15, -0.1) is 0 Å². The van der Waals surface area contributed by atoms with E-state index in [1.807, 2.05) is 12.3 Å². The Kier molecular flexibility index (Phi) is 5.31. The van der Waals surface area contributed by atoms with E-state index in [1.165, 1.54) is 19.1 Å². The summed E-state index contributed by atoms with van der Waals surface area (Å²) < 4.78 is 34.2. The van der Waals surface area contributed by atoms with Crippen molar-refractivity contribution in [2.24, 2.45) is 7.05 Å². The van der Waals surface area contributed by atoms with Crippen molar-refractivity contribution in [2.45, 2.75) is 38.8 Å². The molecule has 0 saturated heterocycles. The van der Waals surface area contributed by atoms with Gasteiger partial charge in [-0.05, 0) is 19.1 Å². The number of alkyl halides is 2. The maximum Gasteiger partial charge on any atom is 0.281 e. The van der Waals surface area contributed by atoms with Gasteiger partial charge in [0.05, 0.1) is 16.3 Å². The normalized spacial score (nSPS) is 15.0. The molecule has 1 aliphatic rings. The lowest BCUT2D eigenvalue weighted by atomic mass is 10.0. The highest BCUT2D eigenvalue weighted by atomic mass is 35.5. The standard InChI is InChI=1S/C19H19ClF2N4O2/c1-11(19(2,21)22)28-15-5-4-12(8-23)17(20)16(15)18(27)26-7-6-14-13(10-26)9-25(3)24-14/h4-5,9,11H,6-7,10H2,1-3H3. The summed E-state index contributed by atoms with van der Waals surface area (Å²) in [7, 11) is 1.80. The quantitative estimate of drug-likeness (QED) is 0.775. The summed E-state index contributed by atoms with van der Waals surface area (Å²) in [6, 6.07) is 4.59. The first-order chi connectivity index (χ1) is 13.1. The van der Waals surface area contributed by atoms with E-state index < -0.39 is 17.9 Å². The van der Waals surface area contributed by atoms with Crippen molar-refractivity contribution in [2.75, 3.05) is 6.54 Å². The molecule has 3 rings (SSSR count). The Hall–Kier alpha value is -2.66. The van der Waals surface area contributed by atoms with Gasteiger partial charge >= 0.3 is 0 Å². The number of benzene rings is 1. The molecule has 0 bridgehead atoms. The largest absolute Gasteiger partial charge is 0.484 e. The Labute approximate surface area is 166 Å². The van der Waals surface area contributed by atoms with E-state index in [2.05, 4.69) is 5.10 Å². The number of aromatic nitrogens is 2. The van der Waals surface area contributed by atoms with Gasteiger partial charge in [-0.3, -0.25) is 9.48 Å². The van der Waals surface area contributed by atoms with Crippen LogP contribution < -0.4 is 4.74 Å². The molecule has 9 heteroatoms. The smallest absolute Gasteiger partial charge is 0.281 e. The van der Waals surface area contributed by atoms with Crippen molar-refractivity contribution in [1.29, 1.82) is 5.26 Å². The maximum absolute atomic E-state index is 13.6. The molecule has 1 amide bonds. The van der Waals surface area contributed by atoms with Gasteiger partial charge in [-0.25, -0.2) is 8.78 Å². The van der Waals surface area contributed by atoms with E-state index in [4.69, 9.17) is 16.3 Å². The van der Waals surface area contributed by atoms with Crippen LogP contribution in [0, 0.1) is 11.3 Å². The minimum atomic E-state index is -3.11. The van der Waals surface area contributed by atoms with Gasteiger partial charge in [0.15, 0.2) is 6.10 Å². The lowest BCUT2D eigenvalue weighted by molar-refractivity contribution is -0.0720. The second kappa shape index (κ2) is 7.40. The van der Waals surface area contributed by atoms with Crippen molar-refractivity contribution in [3.63, 3.8) is 0 Å². The topological polar surface area (TPSA) is 71.2 Å². The predicted molar refractivity (Wildman–Crippen MR) is 98.5 cm³/mol. The molecule has 0 saturated carbocycles. The number of hydrogen-bond acceptors (Lipinski definition) is 4. The molecule has 148 valence electrons. The first-order valence-corrected chi connectivity index (χ1v) is 9.07. The maximum atomic E-state index is 13.6. The number of carbonyl (C=O) groups is 1. The molecule has 0 N–H and O–H groups in total. The molecule has 1 aromatic heterocycles. The zero-order chi connectivity index (χ0) is 20.6. The van der Waals surface area contributed by atoms with Gasteiger partial charge in [0, 0.05) is 45.2 Å². The van der Waals surface area contributed by atoms with Crippen LogP contribution in [-0.2, 0) is 20.0 Å². The number of halogens is 3. The number of ether oxygens (including phenoxy) is 1. The molecule has 28 heavy (non-hydrogen) atoms. The highest BCUT2D eigenvalue weighted by Gasteiger charge is 2.35. The van der Waals surface area contributed by atoms with E-state index in [-0.39, 0.29) is 21.9 Å². The molecule has 0 aliphatic carbocycles. The van der Waals surface area contributed by atoms with Gasteiger partial charge in [-0.2, -0.15) is 10.4 Å². The van der Waals surface area contributed by atoms with Crippen molar-refractivity contribution >= 4 is 17.5 Å². The Bertz CT molecular complexity index is 962. The fourth-order valence-corrected chi connectivity index (χ4v) is 3.30. The first kappa shape index (κ1) is 20.1. The van der Waals surface area contributed by atoms with Crippen LogP contribution in [0.2, 0.25) is 5.02 Å². The third-order valence-corrected chi connectivity index (χ3v) is 5.11. The molecule has 1 unspecified atom stereocenters. The van der Waals surface area contributed by atoms with E-state index in [1.54, 1.807) is 16.6 Å². The van der Waals surface area contributed by atoms with Crippen molar-refractivity contribution in [3.05, 3.63) is 45.7 Å². The third-order valence-electron chi connectivity index (χ3n) is 4.71. The average molecular weight is 409 g/mol. The number of carbonyl (C=O) groups excluding carboxylic acids is 1. The second-order valence-electron chi connectivity index (χ2n) is 6.88. The summed E-state index contributed by atoms with van der Waals surface area (Å²) >= 11 is 6.28. The number of hydrogen-bond donors (Lipinski definition) is 0. The van der Waals surface area contributed by atoms with Crippen LogP contribution in [0.5, 0.6) is 5.75 Å². The van der Waals surface area contributed by atoms with E-state index in [0.29, 0.717) is 19.5 Å². The molecule has 0 radical (unpaired) electrons. The number of fused-ring (bicyclic) bond motifs is 1. The number of aryl methyl sites for hydroxylation is 1. The SMILES string of the molecule is CC(Oc1ccc(C#N)c(Cl)c1C(=O)N1CCc2nn(C)cc2C1)C(C)(F)F. The molecule has 0 fully saturated rings. The number of amides is 1. The molecule has 1 aromatic carbocycles. The number of nitriles is 1. The first-order valence-electron chi connectivity index (χ1n) is 8.69. The molecule has 1 atom stereocenters. The van der Waals surface area contributed by atoms with Crippen LogP contribution in [0.25, 0.3) is 0 Å². The molecular formula is C19H19ClF2N4O2. The Morgan fingerprint density at radius 1 is 1.46 bits per heavy atom. The lowest BCUT2D eigenvalue weighted by Gasteiger charge is -2.28. The summed E-state index contributed by atoms with van der Waals surface area (Å²) in [5.74, 6) is -3.66. The molecule has 6 nitrogen and oxygen atoms in total. The van der Waals surface area contributed by atoms with E-state index >= 15 is 0 Å². The van der Waals surface area contributed by atoms with Crippen LogP contribution in [0.15, 0.2) is 18.3 Å².